The minimum absolute atomic E-state index is 0.419. The zero-order chi connectivity index (χ0) is 18.3. The number of primary amides is 1. The standard InChI is InChI=1S/C22H19ClN2O/c1-2-14-5-3-6-15(11-14)13-25-19-8-4-7-18(22(24)26)21(19)17-10-9-16(23)12-20(17)25/h3-12H,2,13H2,1H3,(H2,24,26). The molecule has 0 atom stereocenters. The van der Waals surface area contributed by atoms with Gasteiger partial charge in [-0.05, 0) is 41.8 Å². The third-order valence-corrected chi connectivity index (χ3v) is 5.09. The molecule has 0 spiro atoms. The minimum atomic E-state index is -0.419. The average Bonchev–Trinajstić information content (AvgIpc) is 2.95. The van der Waals surface area contributed by atoms with Gasteiger partial charge in [0.1, 0.15) is 0 Å². The molecule has 1 aromatic heterocycles. The molecule has 2 N–H and O–H groups in total. The van der Waals surface area contributed by atoms with E-state index < -0.39 is 5.91 Å². The van der Waals surface area contributed by atoms with Crippen molar-refractivity contribution in [3.8, 4) is 0 Å². The first kappa shape index (κ1) is 16.7. The summed E-state index contributed by atoms with van der Waals surface area (Å²) in [5, 5.41) is 2.55. The Morgan fingerprint density at radius 2 is 1.77 bits per heavy atom. The van der Waals surface area contributed by atoms with Crippen molar-refractivity contribution in [2.75, 3.05) is 0 Å². The van der Waals surface area contributed by atoms with Crippen molar-refractivity contribution >= 4 is 39.3 Å². The Bertz CT molecular complexity index is 1140. The van der Waals surface area contributed by atoms with Crippen molar-refractivity contribution < 1.29 is 4.79 Å². The van der Waals surface area contributed by atoms with Gasteiger partial charge in [0.25, 0.3) is 0 Å². The molecule has 0 radical (unpaired) electrons. The maximum atomic E-state index is 12.0. The van der Waals surface area contributed by atoms with E-state index in [1.54, 1.807) is 6.07 Å². The van der Waals surface area contributed by atoms with E-state index in [2.05, 4.69) is 35.8 Å². The number of aromatic nitrogens is 1. The minimum Gasteiger partial charge on any atom is -0.366 e. The summed E-state index contributed by atoms with van der Waals surface area (Å²) in [6.45, 7) is 2.86. The summed E-state index contributed by atoms with van der Waals surface area (Å²) in [6.07, 6.45) is 0.999. The van der Waals surface area contributed by atoms with Crippen LogP contribution in [-0.4, -0.2) is 10.5 Å². The van der Waals surface area contributed by atoms with Crippen LogP contribution in [0.15, 0.2) is 60.7 Å². The lowest BCUT2D eigenvalue weighted by atomic mass is 10.1. The number of carbonyl (C=O) groups is 1. The van der Waals surface area contributed by atoms with Crippen molar-refractivity contribution in [2.24, 2.45) is 5.73 Å². The summed E-state index contributed by atoms with van der Waals surface area (Å²) in [6, 6.07) is 20.0. The highest BCUT2D eigenvalue weighted by Crippen LogP contribution is 2.33. The molecule has 0 unspecified atom stereocenters. The predicted octanol–water partition coefficient (Wildman–Crippen LogP) is 5.16. The van der Waals surface area contributed by atoms with E-state index in [0.29, 0.717) is 17.1 Å². The molecular formula is C22H19ClN2O. The Morgan fingerprint density at radius 1 is 1.00 bits per heavy atom. The second-order valence-corrected chi connectivity index (χ2v) is 6.92. The third kappa shape index (κ3) is 2.74. The Morgan fingerprint density at radius 3 is 2.54 bits per heavy atom. The summed E-state index contributed by atoms with van der Waals surface area (Å²) in [7, 11) is 0. The highest BCUT2D eigenvalue weighted by molar-refractivity contribution is 6.32. The second kappa shape index (κ2) is 6.50. The number of nitrogens with two attached hydrogens (primary N) is 1. The Balaban J connectivity index is 2.01. The fourth-order valence-corrected chi connectivity index (χ4v) is 3.79. The van der Waals surface area contributed by atoms with Gasteiger partial charge >= 0.3 is 0 Å². The second-order valence-electron chi connectivity index (χ2n) is 6.49. The maximum absolute atomic E-state index is 12.0. The quantitative estimate of drug-likeness (QED) is 0.535. The smallest absolute Gasteiger partial charge is 0.249 e. The summed E-state index contributed by atoms with van der Waals surface area (Å²) < 4.78 is 2.21. The summed E-state index contributed by atoms with van der Waals surface area (Å²) >= 11 is 6.27. The Kier molecular flexibility index (Phi) is 4.17. The molecule has 4 rings (SSSR count). The third-order valence-electron chi connectivity index (χ3n) is 4.86. The van der Waals surface area contributed by atoms with Crippen LogP contribution in [0.1, 0.15) is 28.4 Å². The molecule has 3 nitrogen and oxygen atoms in total. The van der Waals surface area contributed by atoms with Crippen LogP contribution in [0.5, 0.6) is 0 Å². The average molecular weight is 363 g/mol. The number of hydrogen-bond donors (Lipinski definition) is 1. The molecule has 26 heavy (non-hydrogen) atoms. The number of halogens is 1. The fraction of sp³-hybridized carbons (Fsp3) is 0.136. The molecular weight excluding hydrogens is 344 g/mol. The highest BCUT2D eigenvalue weighted by atomic mass is 35.5. The van der Waals surface area contributed by atoms with Crippen LogP contribution in [0.4, 0.5) is 0 Å². The van der Waals surface area contributed by atoms with Crippen molar-refractivity contribution in [1.29, 1.82) is 0 Å². The topological polar surface area (TPSA) is 48.0 Å². The van der Waals surface area contributed by atoms with Gasteiger partial charge < -0.3 is 10.3 Å². The monoisotopic (exact) mass is 362 g/mol. The highest BCUT2D eigenvalue weighted by Gasteiger charge is 2.16. The van der Waals surface area contributed by atoms with Crippen LogP contribution in [0, 0.1) is 0 Å². The van der Waals surface area contributed by atoms with Crippen LogP contribution < -0.4 is 5.73 Å². The van der Waals surface area contributed by atoms with Gasteiger partial charge in [-0.25, -0.2) is 0 Å². The molecule has 4 aromatic rings. The zero-order valence-corrected chi connectivity index (χ0v) is 15.3. The normalized spacial score (nSPS) is 11.3. The Labute approximate surface area is 157 Å². The molecule has 4 heteroatoms. The van der Waals surface area contributed by atoms with Gasteiger partial charge in [0, 0.05) is 27.9 Å². The molecule has 1 amide bonds. The summed E-state index contributed by atoms with van der Waals surface area (Å²) in [4.78, 5) is 12.0. The first-order chi connectivity index (χ1) is 12.6. The van der Waals surface area contributed by atoms with E-state index in [4.69, 9.17) is 17.3 Å². The van der Waals surface area contributed by atoms with Gasteiger partial charge in [-0.2, -0.15) is 0 Å². The van der Waals surface area contributed by atoms with E-state index in [1.165, 1.54) is 11.1 Å². The first-order valence-corrected chi connectivity index (χ1v) is 9.04. The molecule has 0 bridgehead atoms. The molecule has 0 aliphatic heterocycles. The van der Waals surface area contributed by atoms with Crippen LogP contribution in [0.25, 0.3) is 21.8 Å². The van der Waals surface area contributed by atoms with E-state index in [0.717, 1.165) is 28.2 Å². The van der Waals surface area contributed by atoms with Crippen LogP contribution >= 0.6 is 11.6 Å². The van der Waals surface area contributed by atoms with E-state index in [9.17, 15) is 4.79 Å². The van der Waals surface area contributed by atoms with Gasteiger partial charge in [-0.1, -0.05) is 54.9 Å². The van der Waals surface area contributed by atoms with Gasteiger partial charge in [-0.3, -0.25) is 4.79 Å². The zero-order valence-electron chi connectivity index (χ0n) is 14.5. The van der Waals surface area contributed by atoms with Crippen LogP contribution in [-0.2, 0) is 13.0 Å². The SMILES string of the molecule is CCc1cccc(Cn2c3cc(Cl)ccc3c3c(C(N)=O)cccc32)c1. The van der Waals surface area contributed by atoms with Crippen molar-refractivity contribution in [3.63, 3.8) is 0 Å². The summed E-state index contributed by atoms with van der Waals surface area (Å²) in [5.74, 6) is -0.419. The molecule has 0 fully saturated rings. The maximum Gasteiger partial charge on any atom is 0.249 e. The van der Waals surface area contributed by atoms with E-state index in [1.807, 2.05) is 30.3 Å². The molecule has 130 valence electrons. The summed E-state index contributed by atoms with van der Waals surface area (Å²) in [5.41, 5.74) is 10.7. The van der Waals surface area contributed by atoms with Gasteiger partial charge in [0.2, 0.25) is 5.91 Å². The number of amides is 1. The van der Waals surface area contributed by atoms with Gasteiger partial charge in [0.05, 0.1) is 11.0 Å². The largest absolute Gasteiger partial charge is 0.366 e. The number of carbonyl (C=O) groups excluding carboxylic acids is 1. The lowest BCUT2D eigenvalue weighted by Crippen LogP contribution is -2.11. The lowest BCUT2D eigenvalue weighted by Gasteiger charge is -2.09. The molecule has 1 heterocycles. The number of hydrogen-bond acceptors (Lipinski definition) is 1. The van der Waals surface area contributed by atoms with Crippen LogP contribution in [0.2, 0.25) is 5.02 Å². The molecule has 0 saturated carbocycles. The molecule has 3 aromatic carbocycles. The van der Waals surface area contributed by atoms with Gasteiger partial charge in [-0.15, -0.1) is 0 Å². The predicted molar refractivity (Wildman–Crippen MR) is 108 cm³/mol. The van der Waals surface area contributed by atoms with E-state index in [-0.39, 0.29) is 0 Å². The number of aryl methyl sites for hydroxylation is 1. The molecule has 0 aliphatic carbocycles. The first-order valence-electron chi connectivity index (χ1n) is 8.66. The van der Waals surface area contributed by atoms with Crippen molar-refractivity contribution in [3.05, 3.63) is 82.4 Å². The molecule has 0 saturated heterocycles. The van der Waals surface area contributed by atoms with E-state index >= 15 is 0 Å². The van der Waals surface area contributed by atoms with Gasteiger partial charge in [0.15, 0.2) is 0 Å². The lowest BCUT2D eigenvalue weighted by molar-refractivity contribution is 0.100. The van der Waals surface area contributed by atoms with Crippen molar-refractivity contribution in [2.45, 2.75) is 19.9 Å². The fourth-order valence-electron chi connectivity index (χ4n) is 3.62. The molecule has 0 aliphatic rings. The Hall–Kier alpha value is -2.78. The number of rotatable bonds is 4. The number of nitrogens with zero attached hydrogens (tertiary/aromatic N) is 1. The van der Waals surface area contributed by atoms with Crippen LogP contribution in [0.3, 0.4) is 0 Å². The number of fused-ring (bicyclic) bond motifs is 3. The van der Waals surface area contributed by atoms with Crippen molar-refractivity contribution in [1.82, 2.24) is 4.57 Å². The number of benzene rings is 3.